The van der Waals surface area contributed by atoms with Crippen molar-refractivity contribution in [3.05, 3.63) is 0 Å². The largest absolute Gasteiger partial charge is 0.350 e. The topological polar surface area (TPSA) is 18.5 Å². The number of likely N-dealkylation sites (N-methyl/N-ethyl adjacent to an activating group) is 1. The smallest absolute Gasteiger partial charge is 0.174 e. The quantitative estimate of drug-likeness (QED) is 0.690. The van der Waals surface area contributed by atoms with Crippen molar-refractivity contribution in [3.63, 3.8) is 0 Å². The fourth-order valence-corrected chi connectivity index (χ4v) is 3.25. The Labute approximate surface area is 102 Å². The van der Waals surface area contributed by atoms with Gasteiger partial charge in [0.05, 0.1) is 5.54 Å². The lowest BCUT2D eigenvalue weighted by Gasteiger charge is -2.37. The molecule has 0 unspecified atom stereocenters. The molecule has 0 atom stereocenters. The van der Waals surface area contributed by atoms with E-state index in [2.05, 4.69) is 29.1 Å². The van der Waals surface area contributed by atoms with E-state index in [1.807, 2.05) is 0 Å². The lowest BCUT2D eigenvalue weighted by Crippen LogP contribution is -2.53. The maximum atomic E-state index is 5.54. The van der Waals surface area contributed by atoms with Crippen molar-refractivity contribution >= 4 is 34.5 Å². The van der Waals surface area contributed by atoms with Gasteiger partial charge < -0.3 is 15.1 Å². The minimum Gasteiger partial charge on any atom is -0.350 e. The lowest BCUT2D eigenvalue weighted by atomic mass is 9.88. The summed E-state index contributed by atoms with van der Waals surface area (Å²) in [5.74, 6) is 0. The van der Waals surface area contributed by atoms with Crippen molar-refractivity contribution in [1.29, 1.82) is 0 Å². The highest BCUT2D eigenvalue weighted by atomic mass is 32.1. The Kier molecular flexibility index (Phi) is 2.96. The van der Waals surface area contributed by atoms with Crippen molar-refractivity contribution in [1.82, 2.24) is 15.1 Å². The van der Waals surface area contributed by atoms with Crippen LogP contribution in [0.3, 0.4) is 0 Å². The monoisotopic (exact) mass is 243 g/mol. The molecule has 0 aromatic heterocycles. The summed E-state index contributed by atoms with van der Waals surface area (Å²) in [6.07, 6.45) is 2.14. The van der Waals surface area contributed by atoms with Crippen LogP contribution in [0.4, 0.5) is 0 Å². The Morgan fingerprint density at radius 3 is 2.40 bits per heavy atom. The highest BCUT2D eigenvalue weighted by Gasteiger charge is 2.46. The number of hydrogen-bond acceptors (Lipinski definition) is 3. The van der Waals surface area contributed by atoms with Gasteiger partial charge in [-0.15, -0.1) is 0 Å². The minimum atomic E-state index is -0.0189. The zero-order valence-electron chi connectivity index (χ0n) is 9.25. The van der Waals surface area contributed by atoms with Crippen LogP contribution in [0.15, 0.2) is 0 Å². The third kappa shape index (κ3) is 1.77. The van der Waals surface area contributed by atoms with E-state index in [1.165, 1.54) is 0 Å². The molecule has 0 radical (unpaired) electrons. The van der Waals surface area contributed by atoms with E-state index < -0.39 is 0 Å². The molecule has 3 nitrogen and oxygen atoms in total. The molecule has 0 aliphatic carbocycles. The highest BCUT2D eigenvalue weighted by Crippen LogP contribution is 2.29. The van der Waals surface area contributed by atoms with E-state index in [9.17, 15) is 0 Å². The van der Waals surface area contributed by atoms with Crippen LogP contribution in [0, 0.1) is 0 Å². The SMILES string of the molecule is CCN1C(=S)NC2(CCN(C)CC2)C1=S. The Hall–Kier alpha value is -0.260. The molecule has 1 N–H and O–H groups in total. The number of likely N-dealkylation sites (tertiary alicyclic amines) is 1. The maximum Gasteiger partial charge on any atom is 0.174 e. The van der Waals surface area contributed by atoms with E-state index in [-0.39, 0.29) is 5.54 Å². The second-order valence-electron chi connectivity index (χ2n) is 4.36. The van der Waals surface area contributed by atoms with Crippen LogP contribution < -0.4 is 5.32 Å². The molecule has 5 heteroatoms. The Morgan fingerprint density at radius 1 is 1.33 bits per heavy atom. The molecule has 2 aliphatic rings. The van der Waals surface area contributed by atoms with Gasteiger partial charge in [-0.3, -0.25) is 0 Å². The van der Waals surface area contributed by atoms with Gasteiger partial charge in [0.25, 0.3) is 0 Å². The third-order valence-corrected chi connectivity index (χ3v) is 4.34. The molecule has 2 aliphatic heterocycles. The van der Waals surface area contributed by atoms with E-state index in [0.29, 0.717) is 0 Å². The number of nitrogens with one attached hydrogen (secondary N) is 1. The van der Waals surface area contributed by atoms with Gasteiger partial charge >= 0.3 is 0 Å². The van der Waals surface area contributed by atoms with Gasteiger partial charge in [-0.1, -0.05) is 12.2 Å². The predicted molar refractivity (Wildman–Crippen MR) is 70.2 cm³/mol. The highest BCUT2D eigenvalue weighted by molar-refractivity contribution is 7.82. The molecule has 15 heavy (non-hydrogen) atoms. The zero-order valence-corrected chi connectivity index (χ0v) is 10.9. The van der Waals surface area contributed by atoms with Crippen LogP contribution in [-0.2, 0) is 0 Å². The molecule has 0 aromatic carbocycles. The zero-order chi connectivity index (χ0) is 11.1. The van der Waals surface area contributed by atoms with E-state index in [0.717, 1.165) is 42.6 Å². The first-order chi connectivity index (χ1) is 7.09. The number of hydrogen-bond donors (Lipinski definition) is 1. The molecule has 0 bridgehead atoms. The fraction of sp³-hybridized carbons (Fsp3) is 0.800. The van der Waals surface area contributed by atoms with Crippen LogP contribution in [0.2, 0.25) is 0 Å². The summed E-state index contributed by atoms with van der Waals surface area (Å²) in [7, 11) is 2.15. The van der Waals surface area contributed by atoms with Crippen molar-refractivity contribution in [2.45, 2.75) is 25.3 Å². The predicted octanol–water partition coefficient (Wildman–Crippen LogP) is 0.988. The molecule has 2 fully saturated rings. The Morgan fingerprint density at radius 2 is 1.93 bits per heavy atom. The number of nitrogens with zero attached hydrogens (tertiary/aromatic N) is 2. The summed E-state index contributed by atoms with van der Waals surface area (Å²) >= 11 is 10.9. The Balaban J connectivity index is 2.17. The van der Waals surface area contributed by atoms with Crippen molar-refractivity contribution in [2.24, 2.45) is 0 Å². The van der Waals surface area contributed by atoms with E-state index in [1.54, 1.807) is 0 Å². The second kappa shape index (κ2) is 3.96. The van der Waals surface area contributed by atoms with Crippen LogP contribution in [0.25, 0.3) is 0 Å². The first-order valence-corrected chi connectivity index (χ1v) is 6.23. The molecule has 2 saturated heterocycles. The van der Waals surface area contributed by atoms with Gasteiger partial charge in [-0.25, -0.2) is 0 Å². The summed E-state index contributed by atoms with van der Waals surface area (Å²) < 4.78 is 0. The minimum absolute atomic E-state index is 0.0189. The molecule has 0 aromatic rings. The number of piperidine rings is 1. The summed E-state index contributed by atoms with van der Waals surface area (Å²) in [5, 5.41) is 4.24. The number of rotatable bonds is 1. The summed E-state index contributed by atoms with van der Waals surface area (Å²) in [4.78, 5) is 5.39. The molecular weight excluding hydrogens is 226 g/mol. The average Bonchev–Trinajstić information content (AvgIpc) is 2.44. The molecule has 2 heterocycles. The molecule has 84 valence electrons. The standard InChI is InChI=1S/C10H17N3S2/c1-3-13-8(14)10(11-9(13)15)4-6-12(2)7-5-10/h3-7H2,1-2H3,(H,11,15). The van der Waals surface area contributed by atoms with Crippen molar-refractivity contribution in [2.75, 3.05) is 26.7 Å². The first-order valence-electron chi connectivity index (χ1n) is 5.42. The summed E-state index contributed by atoms with van der Waals surface area (Å²) in [5.41, 5.74) is -0.0189. The molecule has 1 spiro atoms. The van der Waals surface area contributed by atoms with Gasteiger partial charge in [-0.2, -0.15) is 0 Å². The van der Waals surface area contributed by atoms with E-state index >= 15 is 0 Å². The van der Waals surface area contributed by atoms with Gasteiger partial charge in [0.15, 0.2) is 5.11 Å². The van der Waals surface area contributed by atoms with Gasteiger partial charge in [0.1, 0.15) is 4.99 Å². The lowest BCUT2D eigenvalue weighted by molar-refractivity contribution is 0.222. The summed E-state index contributed by atoms with van der Waals surface area (Å²) in [6.45, 7) is 5.15. The molecule has 0 saturated carbocycles. The normalized spacial score (nSPS) is 26.1. The van der Waals surface area contributed by atoms with Gasteiger partial charge in [0, 0.05) is 19.6 Å². The molecule has 2 rings (SSSR count). The van der Waals surface area contributed by atoms with Gasteiger partial charge in [-0.05, 0) is 39.0 Å². The van der Waals surface area contributed by atoms with E-state index in [4.69, 9.17) is 24.4 Å². The maximum absolute atomic E-state index is 5.54. The van der Waals surface area contributed by atoms with Gasteiger partial charge in [0.2, 0.25) is 0 Å². The van der Waals surface area contributed by atoms with Crippen LogP contribution in [0.1, 0.15) is 19.8 Å². The van der Waals surface area contributed by atoms with Crippen LogP contribution in [0.5, 0.6) is 0 Å². The van der Waals surface area contributed by atoms with Crippen LogP contribution in [-0.4, -0.2) is 52.1 Å². The molecule has 0 amide bonds. The average molecular weight is 243 g/mol. The fourth-order valence-electron chi connectivity index (χ4n) is 2.30. The molecular formula is C10H17N3S2. The summed E-state index contributed by atoms with van der Waals surface area (Å²) in [6, 6.07) is 0. The van der Waals surface area contributed by atoms with Crippen LogP contribution >= 0.6 is 24.4 Å². The van der Waals surface area contributed by atoms with Crippen molar-refractivity contribution < 1.29 is 0 Å². The third-order valence-electron chi connectivity index (χ3n) is 3.40. The first kappa shape index (κ1) is 11.2. The van der Waals surface area contributed by atoms with Crippen molar-refractivity contribution in [3.8, 4) is 0 Å². The Bertz CT molecular complexity index is 295. The second-order valence-corrected chi connectivity index (χ2v) is 5.14. The number of thiocarbonyl (C=S) groups is 2.